The van der Waals surface area contributed by atoms with Crippen molar-refractivity contribution in [3.8, 4) is 0 Å². The maximum atomic E-state index is 4.54. The van der Waals surface area contributed by atoms with Crippen molar-refractivity contribution in [3.63, 3.8) is 0 Å². The maximum absolute atomic E-state index is 4.54. The Morgan fingerprint density at radius 3 is 2.65 bits per heavy atom. The molecule has 1 saturated carbocycles. The SMILES string of the molecule is CC(C)c1nn(C)cc1CNC(C)C1CCC1. The molecular formula is C14H25N3. The molecule has 17 heavy (non-hydrogen) atoms. The molecule has 0 bridgehead atoms. The van der Waals surface area contributed by atoms with Crippen molar-refractivity contribution in [3.05, 3.63) is 17.5 Å². The first-order valence-corrected chi connectivity index (χ1v) is 6.83. The van der Waals surface area contributed by atoms with Crippen LogP contribution in [0.1, 0.15) is 57.2 Å². The van der Waals surface area contributed by atoms with E-state index in [1.165, 1.54) is 30.5 Å². The predicted molar refractivity (Wildman–Crippen MR) is 70.9 cm³/mol. The summed E-state index contributed by atoms with van der Waals surface area (Å²) < 4.78 is 1.93. The lowest BCUT2D eigenvalue weighted by Gasteiger charge is -2.32. The molecule has 1 N–H and O–H groups in total. The first-order chi connectivity index (χ1) is 8.08. The van der Waals surface area contributed by atoms with E-state index < -0.39 is 0 Å². The number of rotatable bonds is 5. The molecule has 1 heterocycles. The largest absolute Gasteiger partial charge is 0.310 e. The molecule has 0 aliphatic heterocycles. The van der Waals surface area contributed by atoms with Gasteiger partial charge in [0, 0.05) is 31.4 Å². The molecule has 1 aliphatic rings. The second-order valence-electron chi connectivity index (χ2n) is 5.73. The molecule has 1 aliphatic carbocycles. The number of nitrogens with one attached hydrogen (secondary N) is 1. The van der Waals surface area contributed by atoms with Gasteiger partial charge in [-0.3, -0.25) is 4.68 Å². The van der Waals surface area contributed by atoms with Gasteiger partial charge in [-0.25, -0.2) is 0 Å². The van der Waals surface area contributed by atoms with Crippen molar-refractivity contribution in [1.29, 1.82) is 0 Å². The summed E-state index contributed by atoms with van der Waals surface area (Å²) >= 11 is 0. The minimum absolute atomic E-state index is 0.506. The van der Waals surface area contributed by atoms with Crippen LogP contribution in [0.4, 0.5) is 0 Å². The fraction of sp³-hybridized carbons (Fsp3) is 0.786. The molecule has 1 aromatic heterocycles. The Hall–Kier alpha value is -0.830. The molecule has 1 atom stereocenters. The second-order valence-corrected chi connectivity index (χ2v) is 5.73. The van der Waals surface area contributed by atoms with E-state index in [-0.39, 0.29) is 0 Å². The Balaban J connectivity index is 1.93. The standard InChI is InChI=1S/C14H25N3/c1-10(2)14-13(9-17(4)16-14)8-15-11(3)12-6-5-7-12/h9-12,15H,5-8H2,1-4H3. The lowest BCUT2D eigenvalue weighted by Crippen LogP contribution is -2.36. The second kappa shape index (κ2) is 5.21. The Labute approximate surface area is 105 Å². The number of nitrogens with zero attached hydrogens (tertiary/aromatic N) is 2. The van der Waals surface area contributed by atoms with Gasteiger partial charge in [0.15, 0.2) is 0 Å². The van der Waals surface area contributed by atoms with Crippen molar-refractivity contribution in [2.45, 2.75) is 58.5 Å². The van der Waals surface area contributed by atoms with Crippen molar-refractivity contribution in [2.24, 2.45) is 13.0 Å². The zero-order chi connectivity index (χ0) is 12.4. The van der Waals surface area contributed by atoms with E-state index in [4.69, 9.17) is 0 Å². The van der Waals surface area contributed by atoms with Crippen LogP contribution in [0.25, 0.3) is 0 Å². The average molecular weight is 235 g/mol. The van der Waals surface area contributed by atoms with Gasteiger partial charge < -0.3 is 5.32 Å². The average Bonchev–Trinajstić information content (AvgIpc) is 2.54. The third-order valence-corrected chi connectivity index (χ3v) is 3.96. The Bertz CT molecular complexity index is 364. The quantitative estimate of drug-likeness (QED) is 0.850. The van der Waals surface area contributed by atoms with Gasteiger partial charge in [-0.2, -0.15) is 5.10 Å². The number of aryl methyl sites for hydroxylation is 1. The number of hydrogen-bond donors (Lipinski definition) is 1. The third-order valence-electron chi connectivity index (χ3n) is 3.96. The number of hydrogen-bond acceptors (Lipinski definition) is 2. The van der Waals surface area contributed by atoms with Gasteiger partial charge in [0.2, 0.25) is 0 Å². The summed E-state index contributed by atoms with van der Waals surface area (Å²) in [6.45, 7) is 7.69. The van der Waals surface area contributed by atoms with E-state index >= 15 is 0 Å². The van der Waals surface area contributed by atoms with Gasteiger partial charge >= 0.3 is 0 Å². The van der Waals surface area contributed by atoms with Crippen molar-refractivity contribution >= 4 is 0 Å². The van der Waals surface area contributed by atoms with Gasteiger partial charge in [-0.05, 0) is 31.6 Å². The van der Waals surface area contributed by atoms with Crippen LogP contribution < -0.4 is 5.32 Å². The summed E-state index contributed by atoms with van der Waals surface area (Å²) in [5.41, 5.74) is 2.59. The van der Waals surface area contributed by atoms with Gasteiger partial charge in [-0.1, -0.05) is 20.3 Å². The van der Waals surface area contributed by atoms with Gasteiger partial charge in [0.1, 0.15) is 0 Å². The third kappa shape index (κ3) is 2.89. The van der Waals surface area contributed by atoms with E-state index in [1.54, 1.807) is 0 Å². The maximum Gasteiger partial charge on any atom is 0.0694 e. The van der Waals surface area contributed by atoms with Crippen LogP contribution in [0.2, 0.25) is 0 Å². The molecule has 96 valence electrons. The van der Waals surface area contributed by atoms with Crippen LogP contribution in [-0.4, -0.2) is 15.8 Å². The predicted octanol–water partition coefficient (Wildman–Crippen LogP) is 2.82. The van der Waals surface area contributed by atoms with Gasteiger partial charge in [0.05, 0.1) is 5.69 Å². The monoisotopic (exact) mass is 235 g/mol. The highest BCUT2D eigenvalue weighted by Gasteiger charge is 2.23. The lowest BCUT2D eigenvalue weighted by atomic mass is 9.80. The van der Waals surface area contributed by atoms with Crippen LogP contribution in [0.5, 0.6) is 0 Å². The first kappa shape index (κ1) is 12.6. The van der Waals surface area contributed by atoms with E-state index in [9.17, 15) is 0 Å². The molecule has 0 saturated heterocycles. The van der Waals surface area contributed by atoms with Gasteiger partial charge in [-0.15, -0.1) is 0 Å². The molecule has 0 amide bonds. The normalized spacial score (nSPS) is 18.4. The molecule has 3 heteroatoms. The van der Waals surface area contributed by atoms with E-state index in [0.717, 1.165) is 12.5 Å². The summed E-state index contributed by atoms with van der Waals surface area (Å²) in [5.74, 6) is 1.40. The minimum Gasteiger partial charge on any atom is -0.310 e. The van der Waals surface area contributed by atoms with Crippen LogP contribution in [-0.2, 0) is 13.6 Å². The minimum atomic E-state index is 0.506. The summed E-state index contributed by atoms with van der Waals surface area (Å²) in [6, 6.07) is 0.643. The van der Waals surface area contributed by atoms with Gasteiger partial charge in [0.25, 0.3) is 0 Å². The van der Waals surface area contributed by atoms with Crippen LogP contribution >= 0.6 is 0 Å². The van der Waals surface area contributed by atoms with E-state index in [1.807, 2.05) is 11.7 Å². The zero-order valence-electron chi connectivity index (χ0n) is 11.5. The molecule has 1 aromatic rings. The van der Waals surface area contributed by atoms with Crippen LogP contribution in [0.3, 0.4) is 0 Å². The molecule has 1 fully saturated rings. The smallest absolute Gasteiger partial charge is 0.0694 e. The van der Waals surface area contributed by atoms with Crippen molar-refractivity contribution in [1.82, 2.24) is 15.1 Å². The molecule has 0 spiro atoms. The zero-order valence-corrected chi connectivity index (χ0v) is 11.5. The molecule has 1 unspecified atom stereocenters. The Morgan fingerprint density at radius 1 is 1.41 bits per heavy atom. The molecule has 0 radical (unpaired) electrons. The van der Waals surface area contributed by atoms with E-state index in [0.29, 0.717) is 12.0 Å². The van der Waals surface area contributed by atoms with Crippen molar-refractivity contribution in [2.75, 3.05) is 0 Å². The van der Waals surface area contributed by atoms with Crippen LogP contribution in [0.15, 0.2) is 6.20 Å². The van der Waals surface area contributed by atoms with Crippen LogP contribution in [0, 0.1) is 5.92 Å². The Kier molecular flexibility index (Phi) is 3.87. The molecular weight excluding hydrogens is 210 g/mol. The summed E-state index contributed by atoms with van der Waals surface area (Å²) in [4.78, 5) is 0. The summed E-state index contributed by atoms with van der Waals surface area (Å²) in [6.07, 6.45) is 6.37. The Morgan fingerprint density at radius 2 is 2.12 bits per heavy atom. The first-order valence-electron chi connectivity index (χ1n) is 6.83. The summed E-state index contributed by atoms with van der Waals surface area (Å²) in [7, 11) is 2.00. The lowest BCUT2D eigenvalue weighted by molar-refractivity contribution is 0.240. The van der Waals surface area contributed by atoms with E-state index in [2.05, 4.69) is 37.4 Å². The molecule has 2 rings (SSSR count). The fourth-order valence-electron chi connectivity index (χ4n) is 2.55. The highest BCUT2D eigenvalue weighted by Crippen LogP contribution is 2.29. The highest BCUT2D eigenvalue weighted by molar-refractivity contribution is 5.20. The molecule has 3 nitrogen and oxygen atoms in total. The highest BCUT2D eigenvalue weighted by atomic mass is 15.3. The van der Waals surface area contributed by atoms with Crippen molar-refractivity contribution < 1.29 is 0 Å². The topological polar surface area (TPSA) is 29.9 Å². The summed E-state index contributed by atoms with van der Waals surface area (Å²) in [5, 5.41) is 8.20. The molecule has 0 aromatic carbocycles. The fourth-order valence-corrected chi connectivity index (χ4v) is 2.55. The number of aromatic nitrogens is 2.